The number of carboxylic acids is 1. The van der Waals surface area contributed by atoms with Crippen LogP contribution < -0.4 is 5.32 Å². The fourth-order valence-electron chi connectivity index (χ4n) is 2.11. The van der Waals surface area contributed by atoms with Crippen LogP contribution in [-0.4, -0.2) is 50.9 Å². The van der Waals surface area contributed by atoms with Gasteiger partial charge in [0.05, 0.1) is 12.1 Å². The molecular formula is C13H16N2O5. The molecule has 1 saturated heterocycles. The summed E-state index contributed by atoms with van der Waals surface area (Å²) >= 11 is 0. The van der Waals surface area contributed by atoms with Crippen molar-refractivity contribution in [1.29, 1.82) is 0 Å². The van der Waals surface area contributed by atoms with Crippen molar-refractivity contribution in [3.8, 4) is 5.75 Å². The van der Waals surface area contributed by atoms with Gasteiger partial charge in [0.2, 0.25) is 0 Å². The van der Waals surface area contributed by atoms with Crippen LogP contribution in [0.4, 0.5) is 10.5 Å². The summed E-state index contributed by atoms with van der Waals surface area (Å²) in [4.78, 5) is 24.2. The molecule has 7 nitrogen and oxygen atoms in total. The molecule has 1 unspecified atom stereocenters. The van der Waals surface area contributed by atoms with E-state index in [9.17, 15) is 19.8 Å². The number of phenols is 1. The number of nitrogens with one attached hydrogen (secondary N) is 1. The normalized spacial score (nSPS) is 21.8. The average Bonchev–Trinajstić information content (AvgIpc) is 2.69. The van der Waals surface area contributed by atoms with E-state index in [1.807, 2.05) is 0 Å². The molecule has 1 atom stereocenters. The first-order chi connectivity index (χ1) is 9.28. The third kappa shape index (κ3) is 3.00. The Balaban J connectivity index is 2.05. The number of aromatic hydroxyl groups is 1. The van der Waals surface area contributed by atoms with E-state index in [2.05, 4.69) is 5.32 Å². The fraction of sp³-hybridized carbons (Fsp3) is 0.385. The Morgan fingerprint density at radius 1 is 1.40 bits per heavy atom. The quantitative estimate of drug-likeness (QED) is 0.648. The van der Waals surface area contributed by atoms with E-state index < -0.39 is 23.4 Å². The van der Waals surface area contributed by atoms with Gasteiger partial charge in [0.1, 0.15) is 11.3 Å². The van der Waals surface area contributed by atoms with Gasteiger partial charge in [-0.1, -0.05) is 0 Å². The zero-order chi connectivity index (χ0) is 14.9. The highest BCUT2D eigenvalue weighted by molar-refractivity contribution is 5.94. The van der Waals surface area contributed by atoms with E-state index in [-0.39, 0.29) is 12.1 Å². The van der Waals surface area contributed by atoms with Gasteiger partial charge in [0.15, 0.2) is 0 Å². The third-order valence-corrected chi connectivity index (χ3v) is 3.22. The van der Waals surface area contributed by atoms with Crippen LogP contribution in [0.15, 0.2) is 18.2 Å². The second-order valence-electron chi connectivity index (χ2n) is 5.14. The molecule has 0 spiro atoms. The molecule has 1 heterocycles. The molecule has 20 heavy (non-hydrogen) atoms. The Labute approximate surface area is 115 Å². The number of carbonyl (C=O) groups is 2. The molecule has 0 aromatic heterocycles. The van der Waals surface area contributed by atoms with Gasteiger partial charge < -0.3 is 25.5 Å². The second kappa shape index (κ2) is 5.01. The number of aliphatic hydroxyl groups is 1. The minimum Gasteiger partial charge on any atom is -0.507 e. The minimum atomic E-state index is -1.24. The Bertz CT molecular complexity index is 556. The van der Waals surface area contributed by atoms with Crippen LogP contribution in [0, 0.1) is 0 Å². The van der Waals surface area contributed by atoms with E-state index in [1.54, 1.807) is 6.92 Å². The molecule has 0 radical (unpaired) electrons. The van der Waals surface area contributed by atoms with E-state index in [4.69, 9.17) is 5.11 Å². The summed E-state index contributed by atoms with van der Waals surface area (Å²) in [5.74, 6) is -1.65. The average molecular weight is 280 g/mol. The van der Waals surface area contributed by atoms with Crippen molar-refractivity contribution in [2.24, 2.45) is 0 Å². The molecule has 1 fully saturated rings. The monoisotopic (exact) mass is 280 g/mol. The molecule has 1 aromatic carbocycles. The summed E-state index contributed by atoms with van der Waals surface area (Å²) in [6.07, 6.45) is 0.504. The molecular weight excluding hydrogens is 264 g/mol. The predicted molar refractivity (Wildman–Crippen MR) is 70.9 cm³/mol. The van der Waals surface area contributed by atoms with Gasteiger partial charge >= 0.3 is 12.0 Å². The number of nitrogens with zero attached hydrogens (tertiary/aromatic N) is 1. The van der Waals surface area contributed by atoms with Crippen LogP contribution in [0.2, 0.25) is 0 Å². The fourth-order valence-corrected chi connectivity index (χ4v) is 2.11. The maximum atomic E-state index is 11.9. The van der Waals surface area contributed by atoms with Crippen molar-refractivity contribution in [3.05, 3.63) is 23.8 Å². The van der Waals surface area contributed by atoms with Gasteiger partial charge in [-0.05, 0) is 25.5 Å². The van der Waals surface area contributed by atoms with Crippen LogP contribution >= 0.6 is 0 Å². The molecule has 2 amide bonds. The molecule has 0 saturated carbocycles. The van der Waals surface area contributed by atoms with Gasteiger partial charge in [0.25, 0.3) is 0 Å². The van der Waals surface area contributed by atoms with E-state index in [1.165, 1.54) is 23.1 Å². The lowest BCUT2D eigenvalue weighted by molar-refractivity contribution is 0.0692. The molecule has 1 aromatic rings. The lowest BCUT2D eigenvalue weighted by Crippen LogP contribution is -2.36. The number of aromatic carboxylic acids is 1. The van der Waals surface area contributed by atoms with E-state index in [0.29, 0.717) is 18.7 Å². The maximum Gasteiger partial charge on any atom is 0.339 e. The Morgan fingerprint density at radius 3 is 2.60 bits per heavy atom. The number of likely N-dealkylation sites (tertiary alicyclic amines) is 1. The van der Waals surface area contributed by atoms with Crippen LogP contribution in [0.1, 0.15) is 23.7 Å². The van der Waals surface area contributed by atoms with Crippen LogP contribution in [-0.2, 0) is 0 Å². The standard InChI is InChI=1S/C13H16N2O5/c1-13(20)4-5-15(7-13)12(19)14-8-2-3-9(11(17)18)10(16)6-8/h2-3,6,16,20H,4-5,7H2,1H3,(H,14,19)(H,17,18). The number of hydrogen-bond donors (Lipinski definition) is 4. The van der Waals surface area contributed by atoms with Crippen LogP contribution in [0.3, 0.4) is 0 Å². The number of carbonyl (C=O) groups excluding carboxylic acids is 1. The first kappa shape index (κ1) is 14.1. The summed E-state index contributed by atoms with van der Waals surface area (Å²) in [7, 11) is 0. The lowest BCUT2D eigenvalue weighted by Gasteiger charge is -2.19. The number of anilines is 1. The number of rotatable bonds is 2. The van der Waals surface area contributed by atoms with Gasteiger partial charge in [0, 0.05) is 18.3 Å². The second-order valence-corrected chi connectivity index (χ2v) is 5.14. The van der Waals surface area contributed by atoms with E-state index in [0.717, 1.165) is 0 Å². The van der Waals surface area contributed by atoms with Crippen LogP contribution in [0.25, 0.3) is 0 Å². The summed E-state index contributed by atoms with van der Waals surface area (Å²) in [5.41, 5.74) is -0.816. The number of carboxylic acid groups (broad SMARTS) is 1. The van der Waals surface area contributed by atoms with Crippen LogP contribution in [0.5, 0.6) is 5.75 Å². The zero-order valence-corrected chi connectivity index (χ0v) is 11.0. The molecule has 2 rings (SSSR count). The third-order valence-electron chi connectivity index (χ3n) is 3.22. The minimum absolute atomic E-state index is 0.230. The molecule has 0 bridgehead atoms. The van der Waals surface area contributed by atoms with Crippen molar-refractivity contribution < 1.29 is 24.9 Å². The Hall–Kier alpha value is -2.28. The lowest BCUT2D eigenvalue weighted by atomic mass is 10.1. The number of amides is 2. The zero-order valence-electron chi connectivity index (χ0n) is 11.0. The highest BCUT2D eigenvalue weighted by Gasteiger charge is 2.33. The Morgan fingerprint density at radius 2 is 2.10 bits per heavy atom. The molecule has 4 N–H and O–H groups in total. The number of hydrogen-bond acceptors (Lipinski definition) is 4. The SMILES string of the molecule is CC1(O)CCN(C(=O)Nc2ccc(C(=O)O)c(O)c2)C1. The maximum absolute atomic E-state index is 11.9. The topological polar surface area (TPSA) is 110 Å². The van der Waals surface area contributed by atoms with Crippen molar-refractivity contribution in [1.82, 2.24) is 4.90 Å². The molecule has 7 heteroatoms. The molecule has 0 aliphatic carbocycles. The largest absolute Gasteiger partial charge is 0.507 e. The molecule has 1 aliphatic heterocycles. The van der Waals surface area contributed by atoms with Gasteiger partial charge in [-0.15, -0.1) is 0 Å². The smallest absolute Gasteiger partial charge is 0.339 e. The highest BCUT2D eigenvalue weighted by Crippen LogP contribution is 2.24. The van der Waals surface area contributed by atoms with Crippen molar-refractivity contribution in [3.63, 3.8) is 0 Å². The van der Waals surface area contributed by atoms with E-state index >= 15 is 0 Å². The van der Waals surface area contributed by atoms with Crippen molar-refractivity contribution in [2.75, 3.05) is 18.4 Å². The summed E-state index contributed by atoms with van der Waals surface area (Å²) in [6, 6.07) is 3.39. The van der Waals surface area contributed by atoms with Gasteiger partial charge in [-0.25, -0.2) is 9.59 Å². The number of benzene rings is 1. The van der Waals surface area contributed by atoms with Crippen molar-refractivity contribution in [2.45, 2.75) is 18.9 Å². The summed E-state index contributed by atoms with van der Waals surface area (Å²) < 4.78 is 0. The highest BCUT2D eigenvalue weighted by atomic mass is 16.4. The van der Waals surface area contributed by atoms with Gasteiger partial charge in [-0.3, -0.25) is 0 Å². The predicted octanol–water partition coefficient (Wildman–Crippen LogP) is 1.08. The number of β-amino-alcohol motifs (C(OH)–C–C–N with tert-alkyl or cyclic N) is 1. The first-order valence-corrected chi connectivity index (χ1v) is 6.13. The van der Waals surface area contributed by atoms with Gasteiger partial charge in [-0.2, -0.15) is 0 Å². The summed E-state index contributed by atoms with van der Waals surface area (Å²) in [6.45, 7) is 2.34. The first-order valence-electron chi connectivity index (χ1n) is 6.13. The number of urea groups is 1. The molecule has 1 aliphatic rings. The summed E-state index contributed by atoms with van der Waals surface area (Å²) in [5, 5.41) is 30.7. The molecule has 108 valence electrons. The Kier molecular flexibility index (Phi) is 3.54. The van der Waals surface area contributed by atoms with Crippen molar-refractivity contribution >= 4 is 17.7 Å².